The minimum absolute atomic E-state index is 0.138. The molecule has 1 atom stereocenters. The first-order valence-corrected chi connectivity index (χ1v) is 7.20. The number of halogens is 3. The molecule has 20 heavy (non-hydrogen) atoms. The van der Waals surface area contributed by atoms with Gasteiger partial charge in [-0.1, -0.05) is 0 Å². The maximum atomic E-state index is 12.6. The zero-order valence-electron chi connectivity index (χ0n) is 11.0. The monoisotopic (exact) mass is 307 g/mol. The molecule has 112 valence electrons. The van der Waals surface area contributed by atoms with Crippen LogP contribution >= 0.6 is 11.3 Å². The summed E-state index contributed by atoms with van der Waals surface area (Å²) in [7, 11) is 0. The van der Waals surface area contributed by atoms with E-state index in [1.54, 1.807) is 12.3 Å². The Morgan fingerprint density at radius 1 is 1.60 bits per heavy atom. The number of hydrogen-bond acceptors (Lipinski definition) is 4. The smallest absolute Gasteiger partial charge is 0.375 e. The number of carbonyl (C=O) groups excluding carboxylic acids is 1. The van der Waals surface area contributed by atoms with Gasteiger partial charge in [-0.3, -0.25) is 4.79 Å². The van der Waals surface area contributed by atoms with Gasteiger partial charge in [0.15, 0.2) is 5.13 Å². The first kappa shape index (κ1) is 15.1. The Bertz CT molecular complexity index is 485. The third-order valence-electron chi connectivity index (χ3n) is 3.37. The van der Waals surface area contributed by atoms with Crippen molar-refractivity contribution in [2.75, 3.05) is 12.3 Å². The van der Waals surface area contributed by atoms with Gasteiger partial charge in [0.05, 0.1) is 12.1 Å². The van der Waals surface area contributed by atoms with E-state index in [2.05, 4.69) is 4.98 Å². The quantitative estimate of drug-likeness (QED) is 0.909. The zero-order valence-corrected chi connectivity index (χ0v) is 11.8. The molecular formula is C12H16F3N3OS. The van der Waals surface area contributed by atoms with Gasteiger partial charge in [-0.15, -0.1) is 11.3 Å². The second-order valence-electron chi connectivity index (χ2n) is 5.07. The lowest BCUT2D eigenvalue weighted by Gasteiger charge is -2.30. The largest absolute Gasteiger partial charge is 0.406 e. The zero-order chi connectivity index (χ0) is 14.9. The van der Waals surface area contributed by atoms with E-state index >= 15 is 0 Å². The molecule has 1 amide bonds. The summed E-state index contributed by atoms with van der Waals surface area (Å²) in [6.45, 7) is 0.472. The highest BCUT2D eigenvalue weighted by atomic mass is 32.1. The van der Waals surface area contributed by atoms with Crippen LogP contribution in [0.4, 0.5) is 18.3 Å². The molecule has 8 heteroatoms. The molecule has 1 aromatic heterocycles. The third kappa shape index (κ3) is 4.09. The van der Waals surface area contributed by atoms with Gasteiger partial charge >= 0.3 is 6.18 Å². The summed E-state index contributed by atoms with van der Waals surface area (Å²) in [4.78, 5) is 17.0. The van der Waals surface area contributed by atoms with Gasteiger partial charge in [0.2, 0.25) is 5.91 Å². The molecule has 0 aliphatic heterocycles. The Morgan fingerprint density at radius 2 is 2.25 bits per heavy atom. The molecule has 1 aromatic rings. The number of carbonyl (C=O) groups is 1. The molecule has 1 heterocycles. The minimum atomic E-state index is -4.39. The molecule has 1 aliphatic rings. The molecule has 1 fully saturated rings. The predicted octanol–water partition coefficient (Wildman–Crippen LogP) is 2.46. The van der Waals surface area contributed by atoms with Gasteiger partial charge in [0.25, 0.3) is 0 Å². The van der Waals surface area contributed by atoms with Crippen molar-refractivity contribution in [2.45, 2.75) is 38.4 Å². The van der Waals surface area contributed by atoms with Crippen molar-refractivity contribution in [1.29, 1.82) is 0 Å². The fraction of sp³-hybridized carbons (Fsp3) is 0.667. The molecule has 0 saturated heterocycles. The van der Waals surface area contributed by atoms with E-state index in [1.165, 1.54) is 11.3 Å². The highest BCUT2D eigenvalue weighted by Gasteiger charge is 2.40. The van der Waals surface area contributed by atoms with E-state index in [9.17, 15) is 18.0 Å². The summed E-state index contributed by atoms with van der Waals surface area (Å²) in [6, 6.07) is -0.389. The molecule has 0 aromatic carbocycles. The SMILES string of the molecule is CC(C1CC1)N(CC(F)(F)F)C(=O)Cc1csc(N)n1. The Balaban J connectivity index is 2.06. The van der Waals surface area contributed by atoms with Crippen molar-refractivity contribution < 1.29 is 18.0 Å². The maximum absolute atomic E-state index is 12.6. The predicted molar refractivity (Wildman–Crippen MR) is 70.2 cm³/mol. The van der Waals surface area contributed by atoms with Crippen LogP contribution < -0.4 is 5.73 Å². The van der Waals surface area contributed by atoms with Crippen molar-refractivity contribution in [3.05, 3.63) is 11.1 Å². The summed E-state index contributed by atoms with van der Waals surface area (Å²) in [5.41, 5.74) is 5.88. The van der Waals surface area contributed by atoms with Crippen LogP contribution in [-0.2, 0) is 11.2 Å². The minimum Gasteiger partial charge on any atom is -0.375 e. The number of nitrogen functional groups attached to an aromatic ring is 1. The standard InChI is InChI=1S/C12H16F3N3OS/c1-7(8-2-3-8)18(6-12(13,14)15)10(19)4-9-5-20-11(16)17-9/h5,7-8H,2-4,6H2,1H3,(H2,16,17). The molecule has 0 bridgehead atoms. The highest BCUT2D eigenvalue weighted by molar-refractivity contribution is 7.13. The lowest BCUT2D eigenvalue weighted by atomic mass is 10.1. The first-order chi connectivity index (χ1) is 9.26. The molecule has 4 nitrogen and oxygen atoms in total. The number of alkyl halides is 3. The van der Waals surface area contributed by atoms with E-state index in [0.29, 0.717) is 10.8 Å². The lowest BCUT2D eigenvalue weighted by Crippen LogP contribution is -2.46. The molecule has 2 rings (SSSR count). The van der Waals surface area contributed by atoms with Gasteiger partial charge in [-0.25, -0.2) is 4.98 Å². The average Bonchev–Trinajstić information content (AvgIpc) is 3.09. The Kier molecular flexibility index (Phi) is 4.22. The first-order valence-electron chi connectivity index (χ1n) is 6.32. The highest BCUT2D eigenvalue weighted by Crippen LogP contribution is 2.36. The topological polar surface area (TPSA) is 59.2 Å². The van der Waals surface area contributed by atoms with Crippen LogP contribution in [0, 0.1) is 5.92 Å². The Hall–Kier alpha value is -1.31. The molecule has 1 unspecified atom stereocenters. The number of aromatic nitrogens is 1. The van der Waals surface area contributed by atoms with Crippen molar-refractivity contribution in [3.8, 4) is 0 Å². The van der Waals surface area contributed by atoms with Gasteiger partial charge < -0.3 is 10.6 Å². The van der Waals surface area contributed by atoms with Crippen LogP contribution in [-0.4, -0.2) is 34.6 Å². The van der Waals surface area contributed by atoms with Crippen molar-refractivity contribution in [2.24, 2.45) is 5.92 Å². The average molecular weight is 307 g/mol. The number of rotatable bonds is 5. The van der Waals surface area contributed by atoms with Gasteiger partial charge in [-0.2, -0.15) is 13.2 Å². The number of hydrogen-bond donors (Lipinski definition) is 1. The van der Waals surface area contributed by atoms with E-state index in [4.69, 9.17) is 5.73 Å². The van der Waals surface area contributed by atoms with Crippen molar-refractivity contribution in [3.63, 3.8) is 0 Å². The second-order valence-corrected chi connectivity index (χ2v) is 5.96. The van der Waals surface area contributed by atoms with Crippen LogP contribution in [0.2, 0.25) is 0 Å². The van der Waals surface area contributed by atoms with E-state index in [0.717, 1.165) is 17.7 Å². The van der Waals surface area contributed by atoms with E-state index in [-0.39, 0.29) is 18.4 Å². The van der Waals surface area contributed by atoms with E-state index in [1.807, 2.05) is 0 Å². The fourth-order valence-electron chi connectivity index (χ4n) is 2.15. The van der Waals surface area contributed by atoms with Gasteiger partial charge in [0, 0.05) is 11.4 Å². The van der Waals surface area contributed by atoms with Crippen molar-refractivity contribution in [1.82, 2.24) is 9.88 Å². The number of nitrogens with zero attached hydrogens (tertiary/aromatic N) is 2. The number of amides is 1. The van der Waals surface area contributed by atoms with Gasteiger partial charge in [-0.05, 0) is 25.7 Å². The van der Waals surface area contributed by atoms with Gasteiger partial charge in [0.1, 0.15) is 6.54 Å². The fourth-order valence-corrected chi connectivity index (χ4v) is 2.71. The van der Waals surface area contributed by atoms with Crippen LogP contribution in [0.3, 0.4) is 0 Å². The van der Waals surface area contributed by atoms with Crippen LogP contribution in [0.5, 0.6) is 0 Å². The summed E-state index contributed by atoms with van der Waals surface area (Å²) < 4.78 is 37.9. The molecule has 0 spiro atoms. The summed E-state index contributed by atoms with van der Waals surface area (Å²) in [5.74, 6) is -0.367. The summed E-state index contributed by atoms with van der Waals surface area (Å²) in [5, 5.41) is 1.91. The Morgan fingerprint density at radius 3 is 2.70 bits per heavy atom. The number of nitrogens with two attached hydrogens (primary N) is 1. The molecule has 0 radical (unpaired) electrons. The third-order valence-corrected chi connectivity index (χ3v) is 4.09. The van der Waals surface area contributed by atoms with E-state index < -0.39 is 18.6 Å². The number of thiazole rings is 1. The molecular weight excluding hydrogens is 291 g/mol. The maximum Gasteiger partial charge on any atom is 0.406 e. The summed E-state index contributed by atoms with van der Waals surface area (Å²) >= 11 is 1.17. The Labute approximate surface area is 118 Å². The van der Waals surface area contributed by atoms with Crippen LogP contribution in [0.15, 0.2) is 5.38 Å². The summed E-state index contributed by atoms with van der Waals surface area (Å²) in [6.07, 6.45) is -2.76. The van der Waals surface area contributed by atoms with Crippen molar-refractivity contribution >= 4 is 22.4 Å². The molecule has 2 N–H and O–H groups in total. The molecule has 1 aliphatic carbocycles. The lowest BCUT2D eigenvalue weighted by molar-refractivity contribution is -0.165. The molecule has 1 saturated carbocycles. The second kappa shape index (κ2) is 5.59. The normalized spacial score (nSPS) is 17.0. The number of anilines is 1. The van der Waals surface area contributed by atoms with Crippen LogP contribution in [0.25, 0.3) is 0 Å². The van der Waals surface area contributed by atoms with Crippen LogP contribution in [0.1, 0.15) is 25.5 Å².